The molecule has 7 nitrogen and oxygen atoms in total. The van der Waals surface area contributed by atoms with Gasteiger partial charge in [0.1, 0.15) is 5.54 Å². The molecular weight excluding hydrogens is 366 g/mol. The Morgan fingerprint density at radius 1 is 1.14 bits per heavy atom. The molecule has 1 aromatic carbocycles. The molecule has 1 saturated heterocycles. The summed E-state index contributed by atoms with van der Waals surface area (Å²) in [5, 5.41) is 6.27. The predicted molar refractivity (Wildman–Crippen MR) is 114 cm³/mol. The Balaban J connectivity index is 1.42. The summed E-state index contributed by atoms with van der Waals surface area (Å²) in [4.78, 5) is 31.2. The molecule has 1 heterocycles. The van der Waals surface area contributed by atoms with Crippen molar-refractivity contribution in [1.29, 1.82) is 0 Å². The van der Waals surface area contributed by atoms with E-state index >= 15 is 0 Å². The van der Waals surface area contributed by atoms with Crippen LogP contribution in [-0.2, 0) is 11.3 Å². The second kappa shape index (κ2) is 8.43. The van der Waals surface area contributed by atoms with E-state index in [0.717, 1.165) is 44.1 Å². The zero-order chi connectivity index (χ0) is 20.3. The SMILES string of the molecule is NC(=NCc1cccc(N2C(=O)NC3(CCCC3)C2=O)c1)NC1CCCCCC1. The van der Waals surface area contributed by atoms with Crippen molar-refractivity contribution >= 4 is 23.6 Å². The van der Waals surface area contributed by atoms with Crippen molar-refractivity contribution in [1.82, 2.24) is 10.6 Å². The minimum absolute atomic E-state index is 0.129. The monoisotopic (exact) mass is 397 g/mol. The molecule has 4 rings (SSSR count). The maximum absolute atomic E-state index is 13.0. The molecule has 0 bridgehead atoms. The molecule has 29 heavy (non-hydrogen) atoms. The number of nitrogens with zero attached hydrogens (tertiary/aromatic N) is 2. The Bertz CT molecular complexity index is 792. The Morgan fingerprint density at radius 3 is 2.59 bits per heavy atom. The molecule has 0 radical (unpaired) electrons. The number of amides is 3. The fourth-order valence-electron chi connectivity index (χ4n) is 4.82. The van der Waals surface area contributed by atoms with Gasteiger partial charge in [0.25, 0.3) is 5.91 Å². The van der Waals surface area contributed by atoms with Crippen LogP contribution < -0.4 is 21.3 Å². The number of hydrogen-bond donors (Lipinski definition) is 3. The van der Waals surface area contributed by atoms with Gasteiger partial charge in [-0.1, -0.05) is 50.7 Å². The fourth-order valence-corrected chi connectivity index (χ4v) is 4.82. The summed E-state index contributed by atoms with van der Waals surface area (Å²) in [6.07, 6.45) is 10.7. The number of benzene rings is 1. The Labute approximate surface area is 172 Å². The largest absolute Gasteiger partial charge is 0.370 e. The lowest BCUT2D eigenvalue weighted by atomic mass is 9.98. The second-order valence-electron chi connectivity index (χ2n) is 8.56. The van der Waals surface area contributed by atoms with E-state index in [1.54, 1.807) is 6.07 Å². The molecule has 0 unspecified atom stereocenters. The highest BCUT2D eigenvalue weighted by atomic mass is 16.2. The van der Waals surface area contributed by atoms with Crippen LogP contribution in [0, 0.1) is 0 Å². The van der Waals surface area contributed by atoms with E-state index in [9.17, 15) is 9.59 Å². The summed E-state index contributed by atoms with van der Waals surface area (Å²) in [6, 6.07) is 7.53. The molecule has 4 N–H and O–H groups in total. The maximum Gasteiger partial charge on any atom is 0.329 e. The van der Waals surface area contributed by atoms with Crippen molar-refractivity contribution in [2.75, 3.05) is 4.90 Å². The quantitative estimate of drug-likeness (QED) is 0.314. The van der Waals surface area contributed by atoms with Crippen molar-refractivity contribution in [3.8, 4) is 0 Å². The molecule has 2 aliphatic carbocycles. The summed E-state index contributed by atoms with van der Waals surface area (Å²) in [5.74, 6) is 0.331. The molecule has 2 saturated carbocycles. The lowest BCUT2D eigenvalue weighted by Crippen LogP contribution is -2.44. The molecule has 3 amide bonds. The van der Waals surface area contributed by atoms with E-state index in [1.807, 2.05) is 18.2 Å². The third-order valence-electron chi connectivity index (χ3n) is 6.43. The van der Waals surface area contributed by atoms with Crippen LogP contribution in [0.2, 0.25) is 0 Å². The standard InChI is InChI=1S/C22H31N5O2/c23-20(25-17-9-3-1-2-4-10-17)24-15-16-8-7-11-18(14-16)27-19(28)22(26-21(27)29)12-5-6-13-22/h7-8,11,14,17H,1-6,9-10,12-13,15H2,(H,26,29)(H3,23,24,25). The van der Waals surface area contributed by atoms with E-state index in [2.05, 4.69) is 15.6 Å². The lowest BCUT2D eigenvalue weighted by Gasteiger charge is -2.20. The van der Waals surface area contributed by atoms with Gasteiger partial charge in [-0.15, -0.1) is 0 Å². The van der Waals surface area contributed by atoms with Crippen LogP contribution in [-0.4, -0.2) is 29.5 Å². The number of hydrogen-bond acceptors (Lipinski definition) is 3. The van der Waals surface area contributed by atoms with Gasteiger partial charge < -0.3 is 16.4 Å². The second-order valence-corrected chi connectivity index (χ2v) is 8.56. The van der Waals surface area contributed by atoms with Gasteiger partial charge in [-0.3, -0.25) is 4.79 Å². The predicted octanol–water partition coefficient (Wildman–Crippen LogP) is 3.18. The van der Waals surface area contributed by atoms with E-state index in [4.69, 9.17) is 5.73 Å². The first-order valence-electron chi connectivity index (χ1n) is 10.9. The van der Waals surface area contributed by atoms with E-state index in [-0.39, 0.29) is 11.9 Å². The molecular formula is C22H31N5O2. The Morgan fingerprint density at radius 2 is 1.86 bits per heavy atom. The molecule has 0 atom stereocenters. The molecule has 1 aliphatic heterocycles. The number of carbonyl (C=O) groups is 2. The Hall–Kier alpha value is -2.57. The van der Waals surface area contributed by atoms with Gasteiger partial charge in [-0.25, -0.2) is 14.7 Å². The first-order valence-corrected chi connectivity index (χ1v) is 10.9. The van der Waals surface area contributed by atoms with Crippen molar-refractivity contribution in [2.24, 2.45) is 10.7 Å². The number of rotatable bonds is 4. The number of nitrogens with one attached hydrogen (secondary N) is 2. The van der Waals surface area contributed by atoms with Gasteiger partial charge in [0.05, 0.1) is 12.2 Å². The van der Waals surface area contributed by atoms with Gasteiger partial charge in [-0.05, 0) is 43.4 Å². The summed E-state index contributed by atoms with van der Waals surface area (Å²) in [5.41, 5.74) is 6.91. The molecule has 156 valence electrons. The summed E-state index contributed by atoms with van der Waals surface area (Å²) in [6.45, 7) is 0.411. The molecule has 1 aromatic rings. The zero-order valence-corrected chi connectivity index (χ0v) is 17.0. The maximum atomic E-state index is 13.0. The number of carbonyl (C=O) groups excluding carboxylic acids is 2. The van der Waals surface area contributed by atoms with Crippen molar-refractivity contribution in [2.45, 2.75) is 82.3 Å². The van der Waals surface area contributed by atoms with Crippen LogP contribution in [0.5, 0.6) is 0 Å². The molecule has 3 aliphatic rings. The minimum atomic E-state index is -0.696. The van der Waals surface area contributed by atoms with Gasteiger partial charge in [-0.2, -0.15) is 0 Å². The van der Waals surface area contributed by atoms with Gasteiger partial charge >= 0.3 is 6.03 Å². The van der Waals surface area contributed by atoms with E-state index in [0.29, 0.717) is 24.2 Å². The number of imide groups is 1. The summed E-state index contributed by atoms with van der Waals surface area (Å²) in [7, 11) is 0. The average molecular weight is 398 g/mol. The number of anilines is 1. The van der Waals surface area contributed by atoms with Crippen molar-refractivity contribution in [3.63, 3.8) is 0 Å². The molecule has 7 heteroatoms. The highest BCUT2D eigenvalue weighted by Gasteiger charge is 2.52. The molecule has 0 aromatic heterocycles. The van der Waals surface area contributed by atoms with Crippen LogP contribution in [0.4, 0.5) is 10.5 Å². The van der Waals surface area contributed by atoms with Crippen LogP contribution >= 0.6 is 0 Å². The van der Waals surface area contributed by atoms with Crippen molar-refractivity contribution < 1.29 is 9.59 Å². The van der Waals surface area contributed by atoms with Gasteiger partial charge in [0.2, 0.25) is 0 Å². The van der Waals surface area contributed by atoms with Crippen LogP contribution in [0.15, 0.2) is 29.3 Å². The van der Waals surface area contributed by atoms with Crippen LogP contribution in [0.1, 0.15) is 69.8 Å². The summed E-state index contributed by atoms with van der Waals surface area (Å²) >= 11 is 0. The van der Waals surface area contributed by atoms with E-state index in [1.165, 1.54) is 30.6 Å². The van der Waals surface area contributed by atoms with Gasteiger partial charge in [0.15, 0.2) is 5.96 Å². The first kappa shape index (κ1) is 19.7. The van der Waals surface area contributed by atoms with Crippen LogP contribution in [0.25, 0.3) is 0 Å². The lowest BCUT2D eigenvalue weighted by molar-refractivity contribution is -0.121. The normalized spacial score (nSPS) is 22.8. The van der Waals surface area contributed by atoms with Crippen molar-refractivity contribution in [3.05, 3.63) is 29.8 Å². The third kappa shape index (κ3) is 4.23. The smallest absolute Gasteiger partial charge is 0.329 e. The number of guanidine groups is 1. The molecule has 3 fully saturated rings. The zero-order valence-electron chi connectivity index (χ0n) is 17.0. The summed E-state index contributed by atoms with van der Waals surface area (Å²) < 4.78 is 0. The average Bonchev–Trinajstić information content (AvgIpc) is 3.16. The first-order chi connectivity index (χ1) is 14.1. The van der Waals surface area contributed by atoms with E-state index < -0.39 is 5.54 Å². The van der Waals surface area contributed by atoms with Gasteiger partial charge in [0, 0.05) is 6.04 Å². The topological polar surface area (TPSA) is 99.8 Å². The van der Waals surface area contributed by atoms with Crippen LogP contribution in [0.3, 0.4) is 0 Å². The third-order valence-corrected chi connectivity index (χ3v) is 6.43. The Kier molecular flexibility index (Phi) is 5.74. The highest BCUT2D eigenvalue weighted by Crippen LogP contribution is 2.37. The highest BCUT2D eigenvalue weighted by molar-refractivity contribution is 6.23. The fraction of sp³-hybridized carbons (Fsp3) is 0.591. The number of nitrogens with two attached hydrogens (primary N) is 1. The number of urea groups is 1. The number of aliphatic imine (C=N–C) groups is 1. The molecule has 1 spiro atoms. The minimum Gasteiger partial charge on any atom is -0.370 e.